The Bertz CT molecular complexity index is 860. The van der Waals surface area contributed by atoms with Gasteiger partial charge < -0.3 is 14.6 Å². The minimum atomic E-state index is -0.741. The summed E-state index contributed by atoms with van der Waals surface area (Å²) in [5.74, 6) is -0.528. The lowest BCUT2D eigenvalue weighted by molar-refractivity contribution is -0.152. The Morgan fingerprint density at radius 3 is 2.59 bits per heavy atom. The van der Waals surface area contributed by atoms with E-state index in [0.717, 1.165) is 37.7 Å². The van der Waals surface area contributed by atoms with Crippen LogP contribution < -0.4 is 0 Å². The first-order chi connectivity index (χ1) is 15.2. The normalized spacial score (nSPS) is 40.8. The van der Waals surface area contributed by atoms with Crippen molar-refractivity contribution in [2.45, 2.75) is 52.4 Å². The molecule has 3 fully saturated rings. The van der Waals surface area contributed by atoms with Gasteiger partial charge in [0.05, 0.1) is 18.4 Å². The number of aliphatic hydroxyl groups excluding tert-OH is 1. The molecule has 0 saturated heterocycles. The molecule has 0 aliphatic heterocycles. The van der Waals surface area contributed by atoms with Gasteiger partial charge in [0.15, 0.2) is 17.3 Å². The first-order valence-corrected chi connectivity index (χ1v) is 11.7. The number of methoxy groups -OCH3 is 1. The summed E-state index contributed by atoms with van der Waals surface area (Å²) in [5, 5.41) is 9.50. The fraction of sp³-hybridized carbons (Fsp3) is 0.760. The van der Waals surface area contributed by atoms with Gasteiger partial charge in [-0.2, -0.15) is 0 Å². The van der Waals surface area contributed by atoms with Crippen molar-refractivity contribution in [3.8, 4) is 0 Å². The summed E-state index contributed by atoms with van der Waals surface area (Å²) < 4.78 is 10.3. The van der Waals surface area contributed by atoms with E-state index in [0.29, 0.717) is 0 Å². The largest absolute Gasteiger partial charge is 0.463 e. The topological polar surface area (TPSA) is 107 Å². The van der Waals surface area contributed by atoms with Crippen LogP contribution in [0.1, 0.15) is 52.4 Å². The predicted molar refractivity (Wildman–Crippen MR) is 114 cm³/mol. The number of hydrogen-bond acceptors (Lipinski definition) is 7. The molecule has 0 bridgehead atoms. The number of rotatable bonds is 6. The number of hydrogen-bond donors (Lipinski definition) is 1. The number of carbonyl (C=O) groups excluding carboxylic acids is 4. The molecule has 4 rings (SSSR count). The highest BCUT2D eigenvalue weighted by Gasteiger charge is 2.63. The predicted octanol–water partition coefficient (Wildman–Crippen LogP) is 2.29. The molecule has 0 spiro atoms. The first-order valence-electron chi connectivity index (χ1n) is 11.7. The fourth-order valence-corrected chi connectivity index (χ4v) is 7.78. The Morgan fingerprint density at radius 1 is 1.16 bits per heavy atom. The molecule has 32 heavy (non-hydrogen) atoms. The van der Waals surface area contributed by atoms with Gasteiger partial charge in [-0.1, -0.05) is 6.92 Å². The summed E-state index contributed by atoms with van der Waals surface area (Å²) >= 11 is 0. The third-order valence-electron chi connectivity index (χ3n) is 9.26. The standard InChI is InChI=1S/C25H34O7/c1-24-7-6-18-16(17(24)4-5-19(24)21(28)11-26)8-14(12-32-23(30)13-31-3)20-9-15(27)10-22(29)25(18,20)2/h9,14,16-19,26H,4-8,10-13H2,1-3H3/t14-,16+,17+,18+,19-,24+,25-/m1/s1. The van der Waals surface area contributed by atoms with E-state index < -0.39 is 18.0 Å². The number of Topliss-reactive ketones (excluding diaryl/α,β-unsaturated/α-hetero) is 2. The molecule has 0 unspecified atom stereocenters. The molecule has 0 aromatic carbocycles. The number of aliphatic hydroxyl groups is 1. The van der Waals surface area contributed by atoms with Crippen LogP contribution in [0.4, 0.5) is 0 Å². The van der Waals surface area contributed by atoms with Crippen molar-refractivity contribution in [3.63, 3.8) is 0 Å². The molecule has 1 N–H and O–H groups in total. The zero-order valence-electron chi connectivity index (χ0n) is 19.2. The van der Waals surface area contributed by atoms with Gasteiger partial charge in [-0.3, -0.25) is 14.4 Å². The van der Waals surface area contributed by atoms with Crippen LogP contribution in [0.2, 0.25) is 0 Å². The van der Waals surface area contributed by atoms with Crippen molar-refractivity contribution >= 4 is 23.3 Å². The lowest BCUT2D eigenvalue weighted by Gasteiger charge is -2.58. The molecule has 7 nitrogen and oxygen atoms in total. The maximum atomic E-state index is 13.3. The van der Waals surface area contributed by atoms with Gasteiger partial charge in [-0.05, 0) is 73.8 Å². The summed E-state index contributed by atoms with van der Waals surface area (Å²) in [6.45, 7) is 3.70. The van der Waals surface area contributed by atoms with E-state index in [-0.39, 0.29) is 72.0 Å². The van der Waals surface area contributed by atoms with Crippen LogP contribution in [0.15, 0.2) is 11.6 Å². The minimum Gasteiger partial charge on any atom is -0.463 e. The van der Waals surface area contributed by atoms with Gasteiger partial charge in [-0.25, -0.2) is 4.79 Å². The maximum absolute atomic E-state index is 13.3. The van der Waals surface area contributed by atoms with E-state index in [1.165, 1.54) is 7.11 Å². The van der Waals surface area contributed by atoms with Crippen molar-refractivity contribution in [1.82, 2.24) is 0 Å². The molecular formula is C25H34O7. The van der Waals surface area contributed by atoms with Crippen molar-refractivity contribution < 1.29 is 33.8 Å². The van der Waals surface area contributed by atoms with Crippen molar-refractivity contribution in [3.05, 3.63) is 11.6 Å². The maximum Gasteiger partial charge on any atom is 0.332 e. The Kier molecular flexibility index (Phi) is 6.18. The molecule has 176 valence electrons. The van der Waals surface area contributed by atoms with E-state index in [9.17, 15) is 24.3 Å². The molecule has 0 heterocycles. The smallest absolute Gasteiger partial charge is 0.332 e. The minimum absolute atomic E-state index is 0.0347. The van der Waals surface area contributed by atoms with Gasteiger partial charge in [0.2, 0.25) is 0 Å². The zero-order chi connectivity index (χ0) is 23.3. The third kappa shape index (κ3) is 3.48. The van der Waals surface area contributed by atoms with Gasteiger partial charge in [0.1, 0.15) is 13.2 Å². The average molecular weight is 447 g/mol. The highest BCUT2D eigenvalue weighted by molar-refractivity contribution is 6.11. The molecule has 3 saturated carbocycles. The van der Waals surface area contributed by atoms with Crippen molar-refractivity contribution in [2.75, 3.05) is 26.9 Å². The molecule has 0 aromatic heterocycles. The molecule has 7 atom stereocenters. The Labute approximate surface area is 188 Å². The van der Waals surface area contributed by atoms with E-state index in [1.807, 2.05) is 6.92 Å². The first kappa shape index (κ1) is 23.3. The van der Waals surface area contributed by atoms with Gasteiger partial charge in [0, 0.05) is 18.9 Å². The lowest BCUT2D eigenvalue weighted by atomic mass is 9.44. The van der Waals surface area contributed by atoms with Crippen molar-refractivity contribution in [2.24, 2.45) is 40.4 Å². The van der Waals surface area contributed by atoms with Gasteiger partial charge in [0.25, 0.3) is 0 Å². The molecule has 0 aromatic rings. The summed E-state index contributed by atoms with van der Waals surface area (Å²) in [5.41, 5.74) is -0.117. The van der Waals surface area contributed by atoms with Crippen LogP contribution in [0.25, 0.3) is 0 Å². The van der Waals surface area contributed by atoms with E-state index in [1.54, 1.807) is 6.08 Å². The monoisotopic (exact) mass is 446 g/mol. The molecule has 4 aliphatic rings. The van der Waals surface area contributed by atoms with Gasteiger partial charge in [-0.15, -0.1) is 0 Å². The molecule has 0 amide bonds. The summed E-state index contributed by atoms with van der Waals surface area (Å²) in [6.07, 6.45) is 5.60. The second-order valence-corrected chi connectivity index (χ2v) is 10.6. The molecular weight excluding hydrogens is 412 g/mol. The number of fused-ring (bicyclic) bond motifs is 5. The second kappa shape index (κ2) is 8.49. The second-order valence-electron chi connectivity index (χ2n) is 10.6. The van der Waals surface area contributed by atoms with Crippen LogP contribution in [0.3, 0.4) is 0 Å². The summed E-state index contributed by atoms with van der Waals surface area (Å²) in [7, 11) is 1.43. The highest BCUT2D eigenvalue weighted by atomic mass is 16.6. The summed E-state index contributed by atoms with van der Waals surface area (Å²) in [6, 6.07) is 0. The Morgan fingerprint density at radius 2 is 1.91 bits per heavy atom. The molecule has 7 heteroatoms. The lowest BCUT2D eigenvalue weighted by Crippen LogP contribution is -2.56. The van der Waals surface area contributed by atoms with Crippen molar-refractivity contribution in [1.29, 1.82) is 0 Å². The quantitative estimate of drug-likeness (QED) is 0.493. The van der Waals surface area contributed by atoms with Crippen LogP contribution in [-0.2, 0) is 28.7 Å². The number of ether oxygens (including phenoxy) is 2. The molecule has 4 aliphatic carbocycles. The Balaban J connectivity index is 1.68. The van der Waals surface area contributed by atoms with Crippen LogP contribution in [-0.4, -0.2) is 55.4 Å². The van der Waals surface area contributed by atoms with Crippen LogP contribution in [0.5, 0.6) is 0 Å². The van der Waals surface area contributed by atoms with Crippen LogP contribution >= 0.6 is 0 Å². The van der Waals surface area contributed by atoms with E-state index in [2.05, 4.69) is 6.92 Å². The van der Waals surface area contributed by atoms with Gasteiger partial charge >= 0.3 is 5.97 Å². The van der Waals surface area contributed by atoms with E-state index in [4.69, 9.17) is 9.47 Å². The summed E-state index contributed by atoms with van der Waals surface area (Å²) in [4.78, 5) is 50.1. The number of ketones is 3. The van der Waals surface area contributed by atoms with E-state index >= 15 is 0 Å². The molecule has 0 radical (unpaired) electrons. The fourth-order valence-electron chi connectivity index (χ4n) is 7.78. The zero-order valence-corrected chi connectivity index (χ0v) is 19.2. The Hall–Kier alpha value is -1.86. The number of carbonyl (C=O) groups is 4. The third-order valence-corrected chi connectivity index (χ3v) is 9.26. The van der Waals surface area contributed by atoms with Crippen LogP contribution in [0, 0.1) is 40.4 Å². The average Bonchev–Trinajstić information content (AvgIpc) is 3.10. The highest BCUT2D eigenvalue weighted by Crippen LogP contribution is 2.67. The SMILES string of the molecule is COCC(=O)OC[C@H]1C[C@@H]2[C@H](CC[C@]3(C)[C@@H](C(=O)CO)CC[C@@H]23)[C@@]2(C)C(=O)CC(=O)C=C12. The number of esters is 1.